The summed E-state index contributed by atoms with van der Waals surface area (Å²) in [6.07, 6.45) is 2.15. The Bertz CT molecular complexity index is 543. The molecule has 0 unspecified atom stereocenters. The van der Waals surface area contributed by atoms with E-state index < -0.39 is 0 Å². The van der Waals surface area contributed by atoms with Crippen LogP contribution in [0.4, 0.5) is 10.2 Å². The van der Waals surface area contributed by atoms with Gasteiger partial charge in [0.25, 0.3) is 0 Å². The monoisotopic (exact) mass is 231 g/mol. The molecule has 0 radical (unpaired) electrons. The van der Waals surface area contributed by atoms with Crippen LogP contribution in [-0.4, -0.2) is 16.3 Å². The molecule has 2 heterocycles. The molecule has 1 N–H and O–H groups in total. The smallest absolute Gasteiger partial charge is 0.127 e. The molecule has 1 aromatic carbocycles. The van der Waals surface area contributed by atoms with E-state index >= 15 is 0 Å². The second-order valence-corrected chi connectivity index (χ2v) is 4.34. The lowest BCUT2D eigenvalue weighted by Gasteiger charge is -2.15. The molecule has 1 aromatic heterocycles. The Morgan fingerprint density at radius 1 is 1.29 bits per heavy atom. The molecule has 0 spiro atoms. The fraction of sp³-hybridized carbons (Fsp3) is 0.308. The zero-order valence-corrected chi connectivity index (χ0v) is 9.70. The second-order valence-electron chi connectivity index (χ2n) is 4.34. The summed E-state index contributed by atoms with van der Waals surface area (Å²) < 4.78 is 14.8. The molecule has 4 heteroatoms. The van der Waals surface area contributed by atoms with Gasteiger partial charge in [0.1, 0.15) is 11.6 Å². The number of anilines is 1. The van der Waals surface area contributed by atoms with E-state index in [2.05, 4.69) is 10.4 Å². The number of hydrogen-bond donors (Lipinski definition) is 1. The summed E-state index contributed by atoms with van der Waals surface area (Å²) in [5.74, 6) is 0.882. The average molecular weight is 231 g/mol. The lowest BCUT2D eigenvalue weighted by Crippen LogP contribution is -2.13. The molecule has 0 amide bonds. The van der Waals surface area contributed by atoms with Gasteiger partial charge >= 0.3 is 0 Å². The molecule has 17 heavy (non-hydrogen) atoms. The highest BCUT2D eigenvalue weighted by molar-refractivity contribution is 5.70. The summed E-state index contributed by atoms with van der Waals surface area (Å²) in [7, 11) is 1.93. The van der Waals surface area contributed by atoms with Crippen molar-refractivity contribution in [1.29, 1.82) is 0 Å². The Morgan fingerprint density at radius 2 is 2.06 bits per heavy atom. The molecule has 3 rings (SSSR count). The van der Waals surface area contributed by atoms with Gasteiger partial charge < -0.3 is 5.32 Å². The van der Waals surface area contributed by atoms with E-state index in [1.807, 2.05) is 11.7 Å². The maximum absolute atomic E-state index is 12.9. The molecule has 3 nitrogen and oxygen atoms in total. The van der Waals surface area contributed by atoms with Crippen molar-refractivity contribution in [2.45, 2.75) is 12.8 Å². The molecule has 0 bridgehead atoms. The largest absolute Gasteiger partial charge is 0.370 e. The average Bonchev–Trinajstić information content (AvgIpc) is 2.69. The number of aryl methyl sites for hydroxylation is 1. The van der Waals surface area contributed by atoms with Crippen LogP contribution in [0.5, 0.6) is 0 Å². The molecule has 1 aliphatic heterocycles. The van der Waals surface area contributed by atoms with Crippen LogP contribution in [0.1, 0.15) is 12.0 Å². The lowest BCUT2D eigenvalue weighted by atomic mass is 10.0. The molecule has 0 saturated heterocycles. The first-order valence-electron chi connectivity index (χ1n) is 5.81. The van der Waals surface area contributed by atoms with Crippen molar-refractivity contribution < 1.29 is 4.39 Å². The van der Waals surface area contributed by atoms with Crippen LogP contribution in [0, 0.1) is 5.82 Å². The first-order chi connectivity index (χ1) is 8.25. The molecule has 0 aliphatic carbocycles. The van der Waals surface area contributed by atoms with Crippen LogP contribution < -0.4 is 5.32 Å². The van der Waals surface area contributed by atoms with Gasteiger partial charge in [0, 0.05) is 24.7 Å². The third-order valence-corrected chi connectivity index (χ3v) is 3.16. The summed E-state index contributed by atoms with van der Waals surface area (Å²) in [5.41, 5.74) is 3.19. The Balaban J connectivity index is 2.11. The third-order valence-electron chi connectivity index (χ3n) is 3.16. The molecule has 0 saturated carbocycles. The molecular formula is C13H14FN3. The van der Waals surface area contributed by atoms with Gasteiger partial charge in [-0.1, -0.05) is 0 Å². The number of fused-ring (bicyclic) bond motifs is 1. The third kappa shape index (κ3) is 1.69. The van der Waals surface area contributed by atoms with E-state index in [1.165, 1.54) is 17.7 Å². The minimum Gasteiger partial charge on any atom is -0.370 e. The van der Waals surface area contributed by atoms with Gasteiger partial charge in [-0.3, -0.25) is 4.68 Å². The highest BCUT2D eigenvalue weighted by atomic mass is 19.1. The highest BCUT2D eigenvalue weighted by Gasteiger charge is 2.19. The van der Waals surface area contributed by atoms with E-state index in [4.69, 9.17) is 0 Å². The number of nitrogens with one attached hydrogen (secondary N) is 1. The van der Waals surface area contributed by atoms with E-state index in [-0.39, 0.29) is 5.82 Å². The van der Waals surface area contributed by atoms with Crippen molar-refractivity contribution in [2.75, 3.05) is 11.9 Å². The van der Waals surface area contributed by atoms with Crippen molar-refractivity contribution in [3.63, 3.8) is 0 Å². The first-order valence-corrected chi connectivity index (χ1v) is 5.81. The number of aromatic nitrogens is 2. The van der Waals surface area contributed by atoms with Crippen LogP contribution in [-0.2, 0) is 13.5 Å². The van der Waals surface area contributed by atoms with Crippen LogP contribution in [0.2, 0.25) is 0 Å². The molecular weight excluding hydrogens is 217 g/mol. The molecule has 0 atom stereocenters. The quantitative estimate of drug-likeness (QED) is 0.817. The maximum atomic E-state index is 12.9. The highest BCUT2D eigenvalue weighted by Crippen LogP contribution is 2.31. The van der Waals surface area contributed by atoms with Crippen LogP contribution in [0.25, 0.3) is 11.3 Å². The predicted molar refractivity (Wildman–Crippen MR) is 65.4 cm³/mol. The zero-order chi connectivity index (χ0) is 11.8. The summed E-state index contributed by atoms with van der Waals surface area (Å²) in [4.78, 5) is 0. The Labute approximate surface area is 99.3 Å². The van der Waals surface area contributed by atoms with E-state index in [9.17, 15) is 4.39 Å². The summed E-state index contributed by atoms with van der Waals surface area (Å²) >= 11 is 0. The second kappa shape index (κ2) is 3.87. The van der Waals surface area contributed by atoms with Gasteiger partial charge in [0.05, 0.1) is 5.69 Å². The standard InChI is InChI=1S/C13H14FN3/c1-17-13-11(3-2-8-15-13)12(16-17)9-4-6-10(14)7-5-9/h4-7,15H,2-3,8H2,1H3. The van der Waals surface area contributed by atoms with Crippen molar-refractivity contribution in [3.8, 4) is 11.3 Å². The number of halogens is 1. The molecule has 2 aromatic rings. The van der Waals surface area contributed by atoms with E-state index in [0.29, 0.717) is 0 Å². The van der Waals surface area contributed by atoms with Crippen LogP contribution >= 0.6 is 0 Å². The molecule has 1 aliphatic rings. The number of rotatable bonds is 1. The van der Waals surface area contributed by atoms with Crippen LogP contribution in [0.15, 0.2) is 24.3 Å². The van der Waals surface area contributed by atoms with Crippen molar-refractivity contribution in [1.82, 2.24) is 9.78 Å². The van der Waals surface area contributed by atoms with E-state index in [0.717, 1.165) is 36.5 Å². The van der Waals surface area contributed by atoms with Gasteiger partial charge in [0.15, 0.2) is 0 Å². The SMILES string of the molecule is Cn1nc(-c2ccc(F)cc2)c2c1NCCC2. The van der Waals surface area contributed by atoms with Crippen LogP contribution in [0.3, 0.4) is 0 Å². The summed E-state index contributed by atoms with van der Waals surface area (Å²) in [6, 6.07) is 6.53. The fourth-order valence-corrected chi connectivity index (χ4v) is 2.34. The van der Waals surface area contributed by atoms with Gasteiger partial charge in [-0.25, -0.2) is 4.39 Å². The van der Waals surface area contributed by atoms with Crippen molar-refractivity contribution in [3.05, 3.63) is 35.6 Å². The molecule has 88 valence electrons. The normalized spacial score (nSPS) is 14.2. The van der Waals surface area contributed by atoms with Gasteiger partial charge in [-0.2, -0.15) is 5.10 Å². The van der Waals surface area contributed by atoms with Crippen molar-refractivity contribution >= 4 is 5.82 Å². The summed E-state index contributed by atoms with van der Waals surface area (Å²) in [5, 5.41) is 7.88. The fourth-order valence-electron chi connectivity index (χ4n) is 2.34. The Morgan fingerprint density at radius 3 is 2.82 bits per heavy atom. The lowest BCUT2D eigenvalue weighted by molar-refractivity contribution is 0.628. The maximum Gasteiger partial charge on any atom is 0.127 e. The minimum absolute atomic E-state index is 0.211. The molecule has 0 fully saturated rings. The number of hydrogen-bond acceptors (Lipinski definition) is 2. The summed E-state index contributed by atoms with van der Waals surface area (Å²) in [6.45, 7) is 0.995. The topological polar surface area (TPSA) is 29.9 Å². The number of benzene rings is 1. The predicted octanol–water partition coefficient (Wildman–Crippen LogP) is 2.58. The number of nitrogens with zero attached hydrogens (tertiary/aromatic N) is 2. The minimum atomic E-state index is -0.211. The Kier molecular flexibility index (Phi) is 2.35. The Hall–Kier alpha value is -1.84. The van der Waals surface area contributed by atoms with E-state index in [1.54, 1.807) is 12.1 Å². The van der Waals surface area contributed by atoms with Gasteiger partial charge in [-0.15, -0.1) is 0 Å². The van der Waals surface area contributed by atoms with Gasteiger partial charge in [-0.05, 0) is 37.1 Å². The van der Waals surface area contributed by atoms with Crippen molar-refractivity contribution in [2.24, 2.45) is 7.05 Å². The zero-order valence-electron chi connectivity index (χ0n) is 9.70. The van der Waals surface area contributed by atoms with Gasteiger partial charge in [0.2, 0.25) is 0 Å². The first kappa shape index (κ1) is 10.3.